The van der Waals surface area contributed by atoms with Gasteiger partial charge in [-0.3, -0.25) is 0 Å². The highest BCUT2D eigenvalue weighted by molar-refractivity contribution is 6.21. The Hall–Kier alpha value is -5.61. The molecule has 0 atom stereocenters. The topological polar surface area (TPSA) is 42.4 Å². The lowest BCUT2D eigenvalue weighted by Crippen LogP contribution is -2.16. The molecule has 4 nitrogen and oxygen atoms in total. The Morgan fingerprint density at radius 3 is 2.16 bits per heavy atom. The van der Waals surface area contributed by atoms with Crippen LogP contribution in [0.15, 0.2) is 142 Å². The summed E-state index contributed by atoms with van der Waals surface area (Å²) in [5, 5.41) is 2.05. The van der Waals surface area contributed by atoms with E-state index < -0.39 is 0 Å². The minimum atomic E-state index is -0.137. The van der Waals surface area contributed by atoms with Gasteiger partial charge in [0.25, 0.3) is 0 Å². The summed E-state index contributed by atoms with van der Waals surface area (Å²) in [6.45, 7) is 4.64. The van der Waals surface area contributed by atoms with E-state index in [2.05, 4.69) is 104 Å². The molecule has 1 aliphatic carbocycles. The van der Waals surface area contributed by atoms with Gasteiger partial charge in [-0.2, -0.15) is 0 Å². The first kappa shape index (κ1) is 24.9. The molecule has 0 fully saturated rings. The van der Waals surface area contributed by atoms with E-state index in [-0.39, 0.29) is 5.41 Å². The summed E-state index contributed by atoms with van der Waals surface area (Å²) >= 11 is 0. The number of anilines is 3. The average Bonchev–Trinajstić information content (AvgIpc) is 3.73. The van der Waals surface area contributed by atoms with E-state index in [0.29, 0.717) is 11.5 Å². The van der Waals surface area contributed by atoms with E-state index in [9.17, 15) is 0 Å². The summed E-state index contributed by atoms with van der Waals surface area (Å²) in [6.07, 6.45) is 0. The summed E-state index contributed by atoms with van der Waals surface area (Å²) in [4.78, 5) is 7.57. The monoisotopic (exact) mass is 568 g/mol. The zero-order valence-corrected chi connectivity index (χ0v) is 24.4. The molecule has 4 heteroatoms. The van der Waals surface area contributed by atoms with Crippen molar-refractivity contribution in [2.75, 3.05) is 4.90 Å². The highest BCUT2D eigenvalue weighted by atomic mass is 16.4. The molecule has 0 bridgehead atoms. The van der Waals surface area contributed by atoms with Gasteiger partial charge in [0.2, 0.25) is 5.89 Å². The Kier molecular flexibility index (Phi) is 5.21. The van der Waals surface area contributed by atoms with Crippen molar-refractivity contribution < 1.29 is 8.83 Å². The second-order valence-corrected chi connectivity index (χ2v) is 12.0. The quantitative estimate of drug-likeness (QED) is 0.212. The van der Waals surface area contributed by atoms with Gasteiger partial charge in [0.1, 0.15) is 16.7 Å². The van der Waals surface area contributed by atoms with E-state index in [1.807, 2.05) is 48.5 Å². The van der Waals surface area contributed by atoms with Gasteiger partial charge in [0, 0.05) is 33.7 Å². The number of para-hydroxylation sites is 2. The summed E-state index contributed by atoms with van der Waals surface area (Å²) in [5.41, 5.74) is 12.1. The van der Waals surface area contributed by atoms with Gasteiger partial charge in [-0.05, 0) is 53.1 Å². The molecule has 0 unspecified atom stereocenters. The van der Waals surface area contributed by atoms with Crippen molar-refractivity contribution in [3.8, 4) is 22.6 Å². The maximum absolute atomic E-state index is 6.51. The average molecular weight is 569 g/mol. The van der Waals surface area contributed by atoms with Crippen molar-refractivity contribution in [3.63, 3.8) is 0 Å². The van der Waals surface area contributed by atoms with Gasteiger partial charge < -0.3 is 13.7 Å². The number of hydrogen-bond acceptors (Lipinski definition) is 4. The van der Waals surface area contributed by atoms with Gasteiger partial charge in [-0.1, -0.05) is 105 Å². The van der Waals surface area contributed by atoms with Crippen LogP contribution in [-0.2, 0) is 5.41 Å². The number of oxazole rings is 1. The van der Waals surface area contributed by atoms with Crippen LogP contribution >= 0.6 is 0 Å². The third-order valence-electron chi connectivity index (χ3n) is 9.08. The van der Waals surface area contributed by atoms with Crippen LogP contribution in [0, 0.1) is 0 Å². The number of nitrogens with zero attached hydrogens (tertiary/aromatic N) is 2. The summed E-state index contributed by atoms with van der Waals surface area (Å²) < 4.78 is 13.0. The van der Waals surface area contributed by atoms with Crippen LogP contribution in [0.5, 0.6) is 0 Å². The molecule has 0 spiro atoms. The van der Waals surface area contributed by atoms with Gasteiger partial charge in [0.05, 0.1) is 16.8 Å². The van der Waals surface area contributed by atoms with E-state index in [1.165, 1.54) is 22.3 Å². The fourth-order valence-electron chi connectivity index (χ4n) is 7.06. The van der Waals surface area contributed by atoms with Gasteiger partial charge in [0.15, 0.2) is 5.58 Å². The Bertz CT molecular complexity index is 2360. The zero-order chi connectivity index (χ0) is 29.4. The first-order chi connectivity index (χ1) is 21.6. The maximum atomic E-state index is 6.51. The molecular formula is C40H28N2O2. The van der Waals surface area contributed by atoms with Crippen molar-refractivity contribution >= 4 is 50.1 Å². The Labute approximate surface area is 254 Å². The standard InChI is InChI=1S/C40H28N2O2/c1-40(2)29-20-11-9-18-27(29)35-30(40)21-13-22-31(35)42(26-16-7-4-8-17-26)38-36-28-19-10-12-23-32(28)43-33(36)24-34-37(38)41-39(44-34)25-14-5-3-6-15-25/h3-24H,1-2H3. The smallest absolute Gasteiger partial charge is 0.227 e. The molecule has 210 valence electrons. The molecule has 1 aliphatic rings. The zero-order valence-electron chi connectivity index (χ0n) is 24.4. The first-order valence-electron chi connectivity index (χ1n) is 15.0. The minimum absolute atomic E-state index is 0.137. The molecule has 2 aromatic heterocycles. The molecule has 9 rings (SSSR count). The lowest BCUT2D eigenvalue weighted by Gasteiger charge is -2.29. The predicted octanol–water partition coefficient (Wildman–Crippen LogP) is 11.2. The van der Waals surface area contributed by atoms with E-state index in [0.717, 1.165) is 50.1 Å². The maximum Gasteiger partial charge on any atom is 0.227 e. The molecule has 0 saturated heterocycles. The number of rotatable bonds is 4. The molecule has 0 amide bonds. The van der Waals surface area contributed by atoms with Gasteiger partial charge in [-0.15, -0.1) is 0 Å². The van der Waals surface area contributed by atoms with Crippen LogP contribution in [0.25, 0.3) is 55.6 Å². The lowest BCUT2D eigenvalue weighted by molar-refractivity contribution is 0.617. The highest BCUT2D eigenvalue weighted by Gasteiger charge is 2.38. The van der Waals surface area contributed by atoms with Crippen LogP contribution in [0.3, 0.4) is 0 Å². The third-order valence-corrected chi connectivity index (χ3v) is 9.08. The number of hydrogen-bond donors (Lipinski definition) is 0. The molecule has 0 aliphatic heterocycles. The van der Waals surface area contributed by atoms with Crippen LogP contribution in [0.1, 0.15) is 25.0 Å². The molecule has 0 saturated carbocycles. The van der Waals surface area contributed by atoms with Gasteiger partial charge >= 0.3 is 0 Å². The third kappa shape index (κ3) is 3.48. The molecule has 6 aromatic carbocycles. The Morgan fingerprint density at radius 1 is 0.614 bits per heavy atom. The summed E-state index contributed by atoms with van der Waals surface area (Å²) in [5.74, 6) is 0.580. The normalized spacial score (nSPS) is 13.4. The van der Waals surface area contributed by atoms with Crippen LogP contribution in [-0.4, -0.2) is 4.98 Å². The Morgan fingerprint density at radius 2 is 1.32 bits per heavy atom. The first-order valence-corrected chi connectivity index (χ1v) is 15.0. The molecule has 44 heavy (non-hydrogen) atoms. The molecule has 8 aromatic rings. The molecular weight excluding hydrogens is 540 g/mol. The van der Waals surface area contributed by atoms with Crippen molar-refractivity contribution in [3.05, 3.63) is 145 Å². The number of benzene rings is 6. The largest absolute Gasteiger partial charge is 0.456 e. The molecule has 2 heterocycles. The second-order valence-electron chi connectivity index (χ2n) is 12.0. The lowest BCUT2D eigenvalue weighted by atomic mass is 9.82. The fourth-order valence-corrected chi connectivity index (χ4v) is 7.06. The Balaban J connectivity index is 1.45. The fraction of sp³-hybridized carbons (Fsp3) is 0.0750. The van der Waals surface area contributed by atoms with Gasteiger partial charge in [-0.25, -0.2) is 4.98 Å². The SMILES string of the molecule is CC1(C)c2ccccc2-c2c(N(c3ccccc3)c3c4nc(-c5ccccc5)oc4cc4oc5ccccc5c34)cccc21. The molecule has 0 radical (unpaired) electrons. The van der Waals surface area contributed by atoms with Crippen molar-refractivity contribution in [1.29, 1.82) is 0 Å². The van der Waals surface area contributed by atoms with Crippen molar-refractivity contribution in [2.24, 2.45) is 0 Å². The highest BCUT2D eigenvalue weighted by Crippen LogP contribution is 2.56. The van der Waals surface area contributed by atoms with Crippen LogP contribution in [0.4, 0.5) is 17.1 Å². The number of aromatic nitrogens is 1. The van der Waals surface area contributed by atoms with Crippen LogP contribution in [0.2, 0.25) is 0 Å². The van der Waals surface area contributed by atoms with Crippen molar-refractivity contribution in [1.82, 2.24) is 4.98 Å². The van der Waals surface area contributed by atoms with E-state index in [4.69, 9.17) is 13.8 Å². The van der Waals surface area contributed by atoms with Crippen molar-refractivity contribution in [2.45, 2.75) is 19.3 Å². The van der Waals surface area contributed by atoms with E-state index in [1.54, 1.807) is 0 Å². The van der Waals surface area contributed by atoms with E-state index >= 15 is 0 Å². The second kappa shape index (κ2) is 9.19. The number of fused-ring (bicyclic) bond motifs is 7. The minimum Gasteiger partial charge on any atom is -0.456 e. The summed E-state index contributed by atoms with van der Waals surface area (Å²) in [7, 11) is 0. The predicted molar refractivity (Wildman–Crippen MR) is 179 cm³/mol. The molecule has 0 N–H and O–H groups in total. The van der Waals surface area contributed by atoms with Crippen LogP contribution < -0.4 is 4.90 Å². The summed E-state index contributed by atoms with van der Waals surface area (Å²) in [6, 6.07) is 46.3. The number of furan rings is 1.